The van der Waals surface area contributed by atoms with Gasteiger partial charge in [0.15, 0.2) is 0 Å². The lowest BCUT2D eigenvalue weighted by Gasteiger charge is -2.31. The molecule has 0 fully saturated rings. The minimum atomic E-state index is -0.329. The van der Waals surface area contributed by atoms with Gasteiger partial charge in [0, 0.05) is 24.2 Å². The fourth-order valence-corrected chi connectivity index (χ4v) is 3.38. The molecule has 1 aliphatic rings. The molecule has 132 valence electrons. The SMILES string of the molecule is CC(C)CC(C)(CN)NC(=O)CCCc1ccc2c(c1)CC(=O)N2. The normalized spacial score (nSPS) is 15.8. The van der Waals surface area contributed by atoms with Gasteiger partial charge in [0.1, 0.15) is 0 Å². The van der Waals surface area contributed by atoms with Crippen molar-refractivity contribution in [2.75, 3.05) is 11.9 Å². The summed E-state index contributed by atoms with van der Waals surface area (Å²) in [6.45, 7) is 6.72. The van der Waals surface area contributed by atoms with Gasteiger partial charge < -0.3 is 16.4 Å². The van der Waals surface area contributed by atoms with Gasteiger partial charge in [-0.3, -0.25) is 9.59 Å². The number of carbonyl (C=O) groups excluding carboxylic acids is 2. The number of rotatable bonds is 8. The lowest BCUT2D eigenvalue weighted by molar-refractivity contribution is -0.123. The Bertz CT molecular complexity index is 613. The molecule has 0 saturated heterocycles. The van der Waals surface area contributed by atoms with Crippen molar-refractivity contribution in [2.24, 2.45) is 11.7 Å². The number of aryl methyl sites for hydroxylation is 1. The fraction of sp³-hybridized carbons (Fsp3) is 0.579. The Morgan fingerprint density at radius 1 is 1.42 bits per heavy atom. The van der Waals surface area contributed by atoms with Crippen molar-refractivity contribution in [3.63, 3.8) is 0 Å². The lowest BCUT2D eigenvalue weighted by Crippen LogP contribution is -2.52. The van der Waals surface area contributed by atoms with Gasteiger partial charge >= 0.3 is 0 Å². The summed E-state index contributed by atoms with van der Waals surface area (Å²) in [5.41, 5.74) is 8.64. The molecule has 0 aromatic heterocycles. The highest BCUT2D eigenvalue weighted by Crippen LogP contribution is 2.24. The van der Waals surface area contributed by atoms with Crippen LogP contribution in [0, 0.1) is 5.92 Å². The minimum absolute atomic E-state index is 0.0488. The van der Waals surface area contributed by atoms with Gasteiger partial charge in [0.05, 0.1) is 6.42 Å². The smallest absolute Gasteiger partial charge is 0.228 e. The van der Waals surface area contributed by atoms with Gasteiger partial charge in [-0.05, 0) is 49.3 Å². The summed E-state index contributed by atoms with van der Waals surface area (Å²) in [5, 5.41) is 5.92. The van der Waals surface area contributed by atoms with Crippen LogP contribution < -0.4 is 16.4 Å². The van der Waals surface area contributed by atoms with Crippen LogP contribution in [0.3, 0.4) is 0 Å². The van der Waals surface area contributed by atoms with E-state index in [4.69, 9.17) is 5.73 Å². The third-order valence-corrected chi connectivity index (χ3v) is 4.41. The van der Waals surface area contributed by atoms with Crippen LogP contribution in [-0.4, -0.2) is 23.9 Å². The summed E-state index contributed by atoms with van der Waals surface area (Å²) < 4.78 is 0. The summed E-state index contributed by atoms with van der Waals surface area (Å²) in [6, 6.07) is 6.03. The topological polar surface area (TPSA) is 84.2 Å². The van der Waals surface area contributed by atoms with Crippen LogP contribution >= 0.6 is 0 Å². The molecule has 1 atom stereocenters. The number of fused-ring (bicyclic) bond motifs is 1. The van der Waals surface area contributed by atoms with E-state index in [1.54, 1.807) is 0 Å². The number of nitrogens with two attached hydrogens (primary N) is 1. The summed E-state index contributed by atoms with van der Waals surface area (Å²) in [6.07, 6.45) is 3.43. The second-order valence-electron chi connectivity index (χ2n) is 7.48. The van der Waals surface area contributed by atoms with Crippen molar-refractivity contribution in [3.8, 4) is 0 Å². The molecule has 0 saturated carbocycles. The van der Waals surface area contributed by atoms with E-state index in [1.165, 1.54) is 5.56 Å². The fourth-order valence-electron chi connectivity index (χ4n) is 3.38. The molecule has 1 heterocycles. The van der Waals surface area contributed by atoms with Crippen molar-refractivity contribution in [1.82, 2.24) is 5.32 Å². The summed E-state index contributed by atoms with van der Waals surface area (Å²) in [5.74, 6) is 0.593. The first-order valence-electron chi connectivity index (χ1n) is 8.74. The van der Waals surface area contributed by atoms with Crippen LogP contribution in [0.2, 0.25) is 0 Å². The van der Waals surface area contributed by atoms with Crippen LogP contribution in [0.1, 0.15) is 51.2 Å². The van der Waals surface area contributed by atoms with Gasteiger partial charge in [-0.25, -0.2) is 0 Å². The van der Waals surface area contributed by atoms with E-state index in [0.717, 1.165) is 30.5 Å². The quantitative estimate of drug-likeness (QED) is 0.684. The molecule has 0 aliphatic carbocycles. The van der Waals surface area contributed by atoms with Crippen LogP contribution in [0.25, 0.3) is 0 Å². The number of benzene rings is 1. The van der Waals surface area contributed by atoms with E-state index < -0.39 is 0 Å². The largest absolute Gasteiger partial charge is 0.350 e. The molecule has 0 radical (unpaired) electrons. The van der Waals surface area contributed by atoms with Gasteiger partial charge in [0.2, 0.25) is 11.8 Å². The zero-order valence-corrected chi connectivity index (χ0v) is 14.9. The Morgan fingerprint density at radius 3 is 2.83 bits per heavy atom. The number of amides is 2. The zero-order chi connectivity index (χ0) is 17.7. The van der Waals surface area contributed by atoms with Gasteiger partial charge in [0.25, 0.3) is 0 Å². The Labute approximate surface area is 144 Å². The first-order chi connectivity index (χ1) is 11.3. The monoisotopic (exact) mass is 331 g/mol. The highest BCUT2D eigenvalue weighted by molar-refractivity contribution is 5.99. The molecule has 1 aromatic rings. The number of hydrogen-bond acceptors (Lipinski definition) is 3. The predicted molar refractivity (Wildman–Crippen MR) is 96.8 cm³/mol. The number of hydrogen-bond donors (Lipinski definition) is 3. The minimum Gasteiger partial charge on any atom is -0.350 e. The van der Waals surface area contributed by atoms with Crippen molar-refractivity contribution < 1.29 is 9.59 Å². The Hall–Kier alpha value is -1.88. The number of anilines is 1. The first-order valence-corrected chi connectivity index (χ1v) is 8.74. The highest BCUT2D eigenvalue weighted by atomic mass is 16.2. The maximum atomic E-state index is 12.2. The average Bonchev–Trinajstić information content (AvgIpc) is 2.85. The Balaban J connectivity index is 1.80. The van der Waals surface area contributed by atoms with Crippen LogP contribution in [0.5, 0.6) is 0 Å². The molecule has 2 rings (SSSR count). The molecular weight excluding hydrogens is 302 g/mol. The predicted octanol–water partition coefficient (Wildman–Crippen LogP) is 2.38. The molecule has 4 N–H and O–H groups in total. The molecule has 5 nitrogen and oxygen atoms in total. The van der Waals surface area contributed by atoms with E-state index in [-0.39, 0.29) is 17.4 Å². The second-order valence-corrected chi connectivity index (χ2v) is 7.48. The molecule has 1 aliphatic heterocycles. The third kappa shape index (κ3) is 5.06. The maximum Gasteiger partial charge on any atom is 0.228 e. The molecule has 0 spiro atoms. The standard InChI is InChI=1S/C19H29N3O2/c1-13(2)11-19(3,12-20)22-17(23)6-4-5-14-7-8-16-15(9-14)10-18(24)21-16/h7-9,13H,4-6,10-12,20H2,1-3H3,(H,21,24)(H,22,23). The molecule has 24 heavy (non-hydrogen) atoms. The van der Waals surface area contributed by atoms with E-state index in [0.29, 0.717) is 25.3 Å². The maximum absolute atomic E-state index is 12.2. The van der Waals surface area contributed by atoms with E-state index in [2.05, 4.69) is 30.5 Å². The summed E-state index contributed by atoms with van der Waals surface area (Å²) >= 11 is 0. The van der Waals surface area contributed by atoms with Crippen LogP contribution in [-0.2, 0) is 22.4 Å². The third-order valence-electron chi connectivity index (χ3n) is 4.41. The Morgan fingerprint density at radius 2 is 2.17 bits per heavy atom. The van der Waals surface area contributed by atoms with E-state index >= 15 is 0 Å². The molecule has 2 amide bonds. The van der Waals surface area contributed by atoms with E-state index in [1.807, 2.05) is 19.1 Å². The lowest BCUT2D eigenvalue weighted by atomic mass is 9.90. The van der Waals surface area contributed by atoms with Crippen molar-refractivity contribution >= 4 is 17.5 Å². The number of carbonyl (C=O) groups is 2. The van der Waals surface area contributed by atoms with Gasteiger partial charge in [-0.15, -0.1) is 0 Å². The van der Waals surface area contributed by atoms with E-state index in [9.17, 15) is 9.59 Å². The number of nitrogens with one attached hydrogen (secondary N) is 2. The van der Waals surface area contributed by atoms with Crippen molar-refractivity contribution in [2.45, 2.75) is 58.4 Å². The van der Waals surface area contributed by atoms with Crippen LogP contribution in [0.4, 0.5) is 5.69 Å². The second kappa shape index (κ2) is 7.79. The summed E-state index contributed by atoms with van der Waals surface area (Å²) in [4.78, 5) is 23.6. The van der Waals surface area contributed by atoms with Gasteiger partial charge in [-0.1, -0.05) is 26.0 Å². The van der Waals surface area contributed by atoms with Crippen molar-refractivity contribution in [3.05, 3.63) is 29.3 Å². The van der Waals surface area contributed by atoms with Gasteiger partial charge in [-0.2, -0.15) is 0 Å². The molecular formula is C19H29N3O2. The average molecular weight is 331 g/mol. The summed E-state index contributed by atoms with van der Waals surface area (Å²) in [7, 11) is 0. The van der Waals surface area contributed by atoms with Crippen LogP contribution in [0.15, 0.2) is 18.2 Å². The molecule has 1 unspecified atom stereocenters. The molecule has 5 heteroatoms. The zero-order valence-electron chi connectivity index (χ0n) is 14.9. The molecule has 0 bridgehead atoms. The molecule has 1 aromatic carbocycles. The Kier molecular flexibility index (Phi) is 5.99. The highest BCUT2D eigenvalue weighted by Gasteiger charge is 2.25. The van der Waals surface area contributed by atoms with Crippen molar-refractivity contribution in [1.29, 1.82) is 0 Å². The first kappa shape index (κ1) is 18.5.